The van der Waals surface area contributed by atoms with Gasteiger partial charge in [-0.3, -0.25) is 0 Å². The summed E-state index contributed by atoms with van der Waals surface area (Å²) < 4.78 is 0. The number of rotatable bonds is 2. The second kappa shape index (κ2) is 5.60. The van der Waals surface area contributed by atoms with Crippen LogP contribution in [0.2, 0.25) is 0 Å². The Kier molecular flexibility index (Phi) is 3.57. The highest BCUT2D eigenvalue weighted by molar-refractivity contribution is 5.44. The normalized spacial score (nSPS) is 22.6. The van der Waals surface area contributed by atoms with Crippen LogP contribution < -0.4 is 4.90 Å². The Morgan fingerprint density at radius 3 is 2.43 bits per heavy atom. The lowest BCUT2D eigenvalue weighted by Gasteiger charge is -2.40. The van der Waals surface area contributed by atoms with E-state index < -0.39 is 0 Å². The Morgan fingerprint density at radius 2 is 1.74 bits per heavy atom. The molecule has 2 heterocycles. The monoisotopic (exact) mass is 308 g/mol. The fourth-order valence-corrected chi connectivity index (χ4v) is 4.38. The van der Waals surface area contributed by atoms with Gasteiger partial charge in [-0.1, -0.05) is 24.3 Å². The zero-order valence-corrected chi connectivity index (χ0v) is 13.9. The van der Waals surface area contributed by atoms with Gasteiger partial charge in [0.1, 0.15) is 0 Å². The second-order valence-electron chi connectivity index (χ2n) is 7.09. The Balaban J connectivity index is 1.60. The number of aromatic nitrogens is 2. The molecule has 1 aromatic heterocycles. The van der Waals surface area contributed by atoms with Gasteiger partial charge in [0.2, 0.25) is 5.95 Å². The molecule has 1 saturated heterocycles. The SMILES string of the molecule is CN(C)C1CC2(CCN(c3ncccn3)CC2)c2ccccc21. The lowest BCUT2D eigenvalue weighted by molar-refractivity contribution is 0.230. The summed E-state index contributed by atoms with van der Waals surface area (Å²) in [6, 6.07) is 11.5. The van der Waals surface area contributed by atoms with Crippen molar-refractivity contribution < 1.29 is 0 Å². The molecule has 4 rings (SSSR count). The minimum Gasteiger partial charge on any atom is -0.341 e. The van der Waals surface area contributed by atoms with E-state index in [9.17, 15) is 0 Å². The van der Waals surface area contributed by atoms with Gasteiger partial charge in [0.25, 0.3) is 0 Å². The summed E-state index contributed by atoms with van der Waals surface area (Å²) in [5.41, 5.74) is 3.44. The van der Waals surface area contributed by atoms with Crippen molar-refractivity contribution in [1.82, 2.24) is 14.9 Å². The summed E-state index contributed by atoms with van der Waals surface area (Å²) in [5.74, 6) is 0.873. The summed E-state index contributed by atoms with van der Waals surface area (Å²) >= 11 is 0. The maximum Gasteiger partial charge on any atom is 0.225 e. The first-order valence-electron chi connectivity index (χ1n) is 8.47. The largest absolute Gasteiger partial charge is 0.341 e. The second-order valence-corrected chi connectivity index (χ2v) is 7.09. The molecule has 23 heavy (non-hydrogen) atoms. The molecule has 0 radical (unpaired) electrons. The molecule has 2 aliphatic rings. The summed E-state index contributed by atoms with van der Waals surface area (Å²) in [5, 5.41) is 0. The van der Waals surface area contributed by atoms with Crippen LogP contribution in [0.15, 0.2) is 42.7 Å². The Labute approximate surface area is 138 Å². The third-order valence-electron chi connectivity index (χ3n) is 5.65. The predicted molar refractivity (Wildman–Crippen MR) is 92.6 cm³/mol. The molecule has 1 spiro atoms. The quantitative estimate of drug-likeness (QED) is 0.853. The minimum atomic E-state index is 0.330. The van der Waals surface area contributed by atoms with Crippen molar-refractivity contribution in [2.24, 2.45) is 0 Å². The van der Waals surface area contributed by atoms with Crippen LogP contribution in [0, 0.1) is 0 Å². The summed E-state index contributed by atoms with van der Waals surface area (Å²) in [6.45, 7) is 2.08. The number of anilines is 1. The molecular formula is C19H24N4. The van der Waals surface area contributed by atoms with Gasteiger partial charge in [-0.25, -0.2) is 9.97 Å². The Morgan fingerprint density at radius 1 is 1.04 bits per heavy atom. The molecule has 1 aromatic carbocycles. The van der Waals surface area contributed by atoms with Crippen molar-refractivity contribution in [2.45, 2.75) is 30.7 Å². The average Bonchev–Trinajstić information content (AvgIpc) is 2.92. The third kappa shape index (κ3) is 2.41. The summed E-state index contributed by atoms with van der Waals surface area (Å²) in [4.78, 5) is 13.5. The van der Waals surface area contributed by atoms with E-state index in [1.54, 1.807) is 5.56 Å². The molecule has 1 atom stereocenters. The lowest BCUT2D eigenvalue weighted by Crippen LogP contribution is -2.42. The molecule has 4 nitrogen and oxygen atoms in total. The number of hydrogen-bond acceptors (Lipinski definition) is 4. The van der Waals surface area contributed by atoms with E-state index in [1.807, 2.05) is 18.5 Å². The van der Waals surface area contributed by atoms with Crippen molar-refractivity contribution in [2.75, 3.05) is 32.1 Å². The van der Waals surface area contributed by atoms with Crippen molar-refractivity contribution in [3.63, 3.8) is 0 Å². The fraction of sp³-hybridized carbons (Fsp3) is 0.474. The highest BCUT2D eigenvalue weighted by Gasteiger charge is 2.46. The third-order valence-corrected chi connectivity index (χ3v) is 5.65. The van der Waals surface area contributed by atoms with Gasteiger partial charge in [-0.2, -0.15) is 0 Å². The van der Waals surface area contributed by atoms with E-state index in [4.69, 9.17) is 0 Å². The van der Waals surface area contributed by atoms with Gasteiger partial charge in [0.15, 0.2) is 0 Å². The van der Waals surface area contributed by atoms with Gasteiger partial charge < -0.3 is 9.80 Å². The predicted octanol–water partition coefficient (Wildman–Crippen LogP) is 3.02. The standard InChI is InChI=1S/C19H24N4/c1-22(2)17-14-19(16-7-4-3-6-15(16)17)8-12-23(13-9-19)18-20-10-5-11-21-18/h3-7,10-11,17H,8-9,12-14H2,1-2H3. The lowest BCUT2D eigenvalue weighted by atomic mass is 9.73. The summed E-state index contributed by atoms with van der Waals surface area (Å²) in [6.07, 6.45) is 7.28. The van der Waals surface area contributed by atoms with E-state index in [2.05, 4.69) is 58.1 Å². The molecule has 4 heteroatoms. The first-order chi connectivity index (χ1) is 11.2. The fourth-order valence-electron chi connectivity index (χ4n) is 4.38. The number of benzene rings is 1. The number of fused-ring (bicyclic) bond motifs is 2. The number of nitrogens with zero attached hydrogens (tertiary/aromatic N) is 4. The minimum absolute atomic E-state index is 0.330. The van der Waals surface area contributed by atoms with E-state index in [0.29, 0.717) is 11.5 Å². The number of hydrogen-bond donors (Lipinski definition) is 0. The molecular weight excluding hydrogens is 284 g/mol. The van der Waals surface area contributed by atoms with E-state index >= 15 is 0 Å². The van der Waals surface area contributed by atoms with Gasteiger partial charge in [0, 0.05) is 36.9 Å². The summed E-state index contributed by atoms with van der Waals surface area (Å²) in [7, 11) is 4.40. The highest BCUT2D eigenvalue weighted by atomic mass is 15.2. The van der Waals surface area contributed by atoms with Gasteiger partial charge in [-0.15, -0.1) is 0 Å². The van der Waals surface area contributed by atoms with Crippen LogP contribution in [0.25, 0.3) is 0 Å². The topological polar surface area (TPSA) is 32.3 Å². The van der Waals surface area contributed by atoms with Crippen LogP contribution >= 0.6 is 0 Å². The molecule has 2 aromatic rings. The van der Waals surface area contributed by atoms with Crippen molar-refractivity contribution in [3.8, 4) is 0 Å². The molecule has 1 fully saturated rings. The molecule has 0 amide bonds. The van der Waals surface area contributed by atoms with Gasteiger partial charge in [-0.05, 0) is 50.6 Å². The highest BCUT2D eigenvalue weighted by Crippen LogP contribution is 2.52. The van der Waals surface area contributed by atoms with Crippen LogP contribution in [0.5, 0.6) is 0 Å². The maximum absolute atomic E-state index is 4.41. The van der Waals surface area contributed by atoms with Crippen molar-refractivity contribution in [1.29, 1.82) is 0 Å². The maximum atomic E-state index is 4.41. The molecule has 0 bridgehead atoms. The average molecular weight is 308 g/mol. The van der Waals surface area contributed by atoms with Crippen molar-refractivity contribution >= 4 is 5.95 Å². The van der Waals surface area contributed by atoms with Crippen LogP contribution in [0.1, 0.15) is 36.4 Å². The molecule has 120 valence electrons. The smallest absolute Gasteiger partial charge is 0.225 e. The molecule has 1 aliphatic carbocycles. The molecule has 0 N–H and O–H groups in total. The van der Waals surface area contributed by atoms with E-state index in [1.165, 1.54) is 24.8 Å². The first kappa shape index (κ1) is 14.6. The number of piperidine rings is 1. The van der Waals surface area contributed by atoms with Crippen LogP contribution in [-0.2, 0) is 5.41 Å². The zero-order valence-electron chi connectivity index (χ0n) is 13.9. The van der Waals surface area contributed by atoms with Crippen LogP contribution in [0.4, 0.5) is 5.95 Å². The first-order valence-corrected chi connectivity index (χ1v) is 8.47. The van der Waals surface area contributed by atoms with Gasteiger partial charge >= 0.3 is 0 Å². The Bertz CT molecular complexity index is 675. The van der Waals surface area contributed by atoms with Crippen LogP contribution in [0.3, 0.4) is 0 Å². The van der Waals surface area contributed by atoms with Crippen LogP contribution in [-0.4, -0.2) is 42.1 Å². The Hall–Kier alpha value is -1.94. The molecule has 1 unspecified atom stereocenters. The van der Waals surface area contributed by atoms with Gasteiger partial charge in [0.05, 0.1) is 0 Å². The van der Waals surface area contributed by atoms with Crippen molar-refractivity contribution in [3.05, 3.63) is 53.9 Å². The van der Waals surface area contributed by atoms with E-state index in [-0.39, 0.29) is 0 Å². The van der Waals surface area contributed by atoms with E-state index in [0.717, 1.165) is 19.0 Å². The molecule has 0 saturated carbocycles. The zero-order chi connectivity index (χ0) is 15.9. The molecule has 1 aliphatic heterocycles.